The lowest BCUT2D eigenvalue weighted by atomic mass is 9.91. The van der Waals surface area contributed by atoms with Gasteiger partial charge in [-0.25, -0.2) is 0 Å². The van der Waals surface area contributed by atoms with Crippen LogP contribution in [0.25, 0.3) is 75.5 Å². The van der Waals surface area contributed by atoms with E-state index >= 15 is 0 Å². The van der Waals surface area contributed by atoms with E-state index in [-0.39, 0.29) is 0 Å². The van der Waals surface area contributed by atoms with E-state index in [4.69, 9.17) is 0 Å². The van der Waals surface area contributed by atoms with Crippen molar-refractivity contribution in [2.24, 2.45) is 0 Å². The van der Waals surface area contributed by atoms with E-state index in [1.807, 2.05) is 11.3 Å². The minimum Gasteiger partial charge on any atom is -0.310 e. The number of fused-ring (bicyclic) bond motifs is 4. The molecule has 254 valence electrons. The first-order chi connectivity index (χ1) is 26.7. The third kappa shape index (κ3) is 5.93. The Morgan fingerprint density at radius 3 is 1.56 bits per heavy atom. The van der Waals surface area contributed by atoms with Gasteiger partial charge in [0.1, 0.15) is 0 Å². The molecule has 0 unspecified atom stereocenters. The number of para-hydroxylation sites is 1. The Balaban J connectivity index is 1.12. The molecular formula is C52H35NS. The highest BCUT2D eigenvalue weighted by Crippen LogP contribution is 2.45. The predicted octanol–water partition coefficient (Wildman–Crippen LogP) is 15.3. The zero-order valence-electron chi connectivity index (χ0n) is 29.6. The van der Waals surface area contributed by atoms with Gasteiger partial charge >= 0.3 is 0 Å². The Hall–Kier alpha value is -6.74. The van der Waals surface area contributed by atoms with Crippen LogP contribution in [0.4, 0.5) is 17.1 Å². The first kappa shape index (κ1) is 32.0. The first-order valence-corrected chi connectivity index (χ1v) is 19.2. The highest BCUT2D eigenvalue weighted by Gasteiger charge is 2.18. The zero-order valence-corrected chi connectivity index (χ0v) is 30.4. The largest absolute Gasteiger partial charge is 0.310 e. The molecule has 10 rings (SSSR count). The second-order valence-electron chi connectivity index (χ2n) is 13.8. The van der Waals surface area contributed by atoms with Gasteiger partial charge in [-0.05, 0) is 128 Å². The second-order valence-corrected chi connectivity index (χ2v) is 14.9. The summed E-state index contributed by atoms with van der Waals surface area (Å²) in [6.07, 6.45) is 0. The number of thiophene rings is 1. The topological polar surface area (TPSA) is 3.24 Å². The molecule has 0 aliphatic heterocycles. The van der Waals surface area contributed by atoms with Crippen LogP contribution in [-0.2, 0) is 0 Å². The van der Waals surface area contributed by atoms with Gasteiger partial charge in [-0.1, -0.05) is 140 Å². The molecule has 0 fully saturated rings. The molecule has 10 aromatic rings. The standard InChI is InChI=1S/C52H35NS/c1-4-13-36(14-5-1)42-32-43(37-15-6-2-7-16-37)34-44(33-42)48-21-12-22-51-52(48)49-35-47(29-30-50(49)54-51)53(45-19-8-3-9-20-45)46-27-25-39(26-28-46)41-24-23-38-17-10-11-18-40(38)31-41/h1-35H. The van der Waals surface area contributed by atoms with Gasteiger partial charge in [-0.15, -0.1) is 11.3 Å². The Kier molecular flexibility index (Phi) is 8.09. The smallest absolute Gasteiger partial charge is 0.0468 e. The average Bonchev–Trinajstić information content (AvgIpc) is 3.63. The fraction of sp³-hybridized carbons (Fsp3) is 0. The highest BCUT2D eigenvalue weighted by atomic mass is 32.1. The van der Waals surface area contributed by atoms with Crippen LogP contribution in [0.2, 0.25) is 0 Å². The van der Waals surface area contributed by atoms with Gasteiger partial charge in [0.15, 0.2) is 0 Å². The third-order valence-corrected chi connectivity index (χ3v) is 11.6. The Labute approximate surface area is 319 Å². The van der Waals surface area contributed by atoms with Crippen LogP contribution in [-0.4, -0.2) is 0 Å². The van der Waals surface area contributed by atoms with Gasteiger partial charge in [0.2, 0.25) is 0 Å². The normalized spacial score (nSPS) is 11.3. The zero-order chi connectivity index (χ0) is 35.8. The SMILES string of the molecule is c1ccc(-c2cc(-c3ccccc3)cc(-c3cccc4sc5ccc(N(c6ccccc6)c6ccc(-c7ccc8ccccc8c7)cc6)cc5c34)c2)cc1. The molecule has 0 radical (unpaired) electrons. The van der Waals surface area contributed by atoms with E-state index in [2.05, 4.69) is 217 Å². The maximum atomic E-state index is 2.39. The maximum absolute atomic E-state index is 2.39. The van der Waals surface area contributed by atoms with Crippen molar-refractivity contribution >= 4 is 59.3 Å². The van der Waals surface area contributed by atoms with Crippen molar-refractivity contribution in [3.05, 3.63) is 212 Å². The fourth-order valence-corrected chi connectivity index (χ4v) is 8.88. The molecule has 0 atom stereocenters. The summed E-state index contributed by atoms with van der Waals surface area (Å²) >= 11 is 1.87. The van der Waals surface area contributed by atoms with Crippen molar-refractivity contribution in [3.63, 3.8) is 0 Å². The number of hydrogen-bond donors (Lipinski definition) is 0. The van der Waals surface area contributed by atoms with Gasteiger partial charge in [0, 0.05) is 37.2 Å². The summed E-state index contributed by atoms with van der Waals surface area (Å²) in [4.78, 5) is 2.37. The first-order valence-electron chi connectivity index (χ1n) is 18.4. The average molecular weight is 706 g/mol. The van der Waals surface area contributed by atoms with E-state index in [0.29, 0.717) is 0 Å². The van der Waals surface area contributed by atoms with Crippen molar-refractivity contribution in [2.75, 3.05) is 4.90 Å². The molecule has 0 aliphatic carbocycles. The highest BCUT2D eigenvalue weighted by molar-refractivity contribution is 7.26. The van der Waals surface area contributed by atoms with Crippen LogP contribution in [0, 0.1) is 0 Å². The van der Waals surface area contributed by atoms with Crippen LogP contribution >= 0.6 is 11.3 Å². The van der Waals surface area contributed by atoms with Crippen LogP contribution in [0.3, 0.4) is 0 Å². The maximum Gasteiger partial charge on any atom is 0.0468 e. The molecule has 0 saturated heterocycles. The van der Waals surface area contributed by atoms with Gasteiger partial charge in [0.05, 0.1) is 0 Å². The second kappa shape index (κ2) is 13.7. The number of anilines is 3. The van der Waals surface area contributed by atoms with E-state index in [0.717, 1.165) is 17.1 Å². The molecule has 0 N–H and O–H groups in total. The van der Waals surface area contributed by atoms with Crippen molar-refractivity contribution in [2.45, 2.75) is 0 Å². The summed E-state index contributed by atoms with van der Waals surface area (Å²) in [5, 5.41) is 5.07. The van der Waals surface area contributed by atoms with Crippen LogP contribution in [0.5, 0.6) is 0 Å². The lowest BCUT2D eigenvalue weighted by Crippen LogP contribution is -2.09. The molecule has 1 heterocycles. The molecular weight excluding hydrogens is 671 g/mol. The lowest BCUT2D eigenvalue weighted by Gasteiger charge is -2.26. The Morgan fingerprint density at radius 2 is 0.852 bits per heavy atom. The van der Waals surface area contributed by atoms with Crippen molar-refractivity contribution in [3.8, 4) is 44.5 Å². The minimum atomic E-state index is 1.12. The summed E-state index contributed by atoms with van der Waals surface area (Å²) in [5.74, 6) is 0. The number of hydrogen-bond acceptors (Lipinski definition) is 2. The number of nitrogens with zero attached hydrogens (tertiary/aromatic N) is 1. The van der Waals surface area contributed by atoms with Crippen LogP contribution in [0.15, 0.2) is 212 Å². The third-order valence-electron chi connectivity index (χ3n) is 10.4. The fourth-order valence-electron chi connectivity index (χ4n) is 7.77. The lowest BCUT2D eigenvalue weighted by molar-refractivity contribution is 1.29. The molecule has 0 amide bonds. The van der Waals surface area contributed by atoms with Gasteiger partial charge in [0.25, 0.3) is 0 Å². The summed E-state index contributed by atoms with van der Waals surface area (Å²) in [5.41, 5.74) is 13.1. The molecule has 2 heteroatoms. The summed E-state index contributed by atoms with van der Waals surface area (Å²) in [6, 6.07) is 77.2. The molecule has 54 heavy (non-hydrogen) atoms. The quantitative estimate of drug-likeness (QED) is 0.160. The van der Waals surface area contributed by atoms with Crippen molar-refractivity contribution in [1.82, 2.24) is 0 Å². The summed E-state index contributed by atoms with van der Waals surface area (Å²) in [7, 11) is 0. The molecule has 0 aliphatic rings. The van der Waals surface area contributed by atoms with Gasteiger partial charge < -0.3 is 4.90 Å². The van der Waals surface area contributed by atoms with E-state index in [1.54, 1.807) is 0 Å². The van der Waals surface area contributed by atoms with Gasteiger partial charge in [-0.3, -0.25) is 0 Å². The minimum absolute atomic E-state index is 1.12. The van der Waals surface area contributed by atoms with Crippen LogP contribution in [0.1, 0.15) is 0 Å². The number of rotatable bonds is 7. The Morgan fingerprint density at radius 1 is 0.296 bits per heavy atom. The molecule has 9 aromatic carbocycles. The predicted molar refractivity (Wildman–Crippen MR) is 233 cm³/mol. The van der Waals surface area contributed by atoms with Gasteiger partial charge in [-0.2, -0.15) is 0 Å². The Bertz CT molecular complexity index is 2850. The molecule has 0 spiro atoms. The van der Waals surface area contributed by atoms with Crippen LogP contribution < -0.4 is 4.90 Å². The summed E-state index contributed by atoms with van der Waals surface area (Å²) < 4.78 is 2.57. The van der Waals surface area contributed by atoms with E-state index in [9.17, 15) is 0 Å². The summed E-state index contributed by atoms with van der Waals surface area (Å²) in [6.45, 7) is 0. The molecule has 0 saturated carbocycles. The molecule has 1 nitrogen and oxygen atoms in total. The monoisotopic (exact) mass is 705 g/mol. The van der Waals surface area contributed by atoms with Crippen molar-refractivity contribution in [1.29, 1.82) is 0 Å². The van der Waals surface area contributed by atoms with E-state index in [1.165, 1.54) is 75.5 Å². The van der Waals surface area contributed by atoms with E-state index < -0.39 is 0 Å². The molecule has 0 bridgehead atoms. The molecule has 1 aromatic heterocycles. The van der Waals surface area contributed by atoms with Crippen molar-refractivity contribution < 1.29 is 0 Å². The number of benzene rings is 9.